The summed E-state index contributed by atoms with van der Waals surface area (Å²) in [5.74, 6) is 1.07. The molecule has 0 aliphatic carbocycles. The monoisotopic (exact) mass is 585 g/mol. The van der Waals surface area contributed by atoms with Crippen LogP contribution in [0.3, 0.4) is 0 Å². The van der Waals surface area contributed by atoms with Gasteiger partial charge in [0.1, 0.15) is 28.8 Å². The molecule has 8 nitrogen and oxygen atoms in total. The van der Waals surface area contributed by atoms with Gasteiger partial charge in [-0.05, 0) is 61.2 Å². The normalized spacial score (nSPS) is 11.4. The van der Waals surface area contributed by atoms with Gasteiger partial charge in [0.15, 0.2) is 11.0 Å². The van der Waals surface area contributed by atoms with E-state index < -0.39 is 5.97 Å². The number of aliphatic carboxylic acids is 1. The average Bonchev–Trinajstić information content (AvgIpc) is 3.35. The number of nitrogens with zero attached hydrogens (tertiary/aromatic N) is 3. The van der Waals surface area contributed by atoms with Crippen LogP contribution >= 0.6 is 35.0 Å². The number of carboxylic acid groups (broad SMARTS) is 1. The van der Waals surface area contributed by atoms with Crippen molar-refractivity contribution in [3.8, 4) is 28.6 Å². The van der Waals surface area contributed by atoms with E-state index in [0.717, 1.165) is 22.9 Å². The van der Waals surface area contributed by atoms with Crippen LogP contribution in [0.4, 0.5) is 0 Å². The second-order valence-corrected chi connectivity index (χ2v) is 9.98. The van der Waals surface area contributed by atoms with Gasteiger partial charge in [-0.2, -0.15) is 0 Å². The van der Waals surface area contributed by atoms with Crippen molar-refractivity contribution in [1.82, 2.24) is 14.8 Å². The van der Waals surface area contributed by atoms with Crippen molar-refractivity contribution >= 4 is 47.0 Å². The molecule has 0 amide bonds. The molecule has 0 saturated heterocycles. The Morgan fingerprint density at radius 1 is 1.03 bits per heavy atom. The van der Waals surface area contributed by atoms with Crippen molar-refractivity contribution in [3.63, 3.8) is 0 Å². The maximum atomic E-state index is 12.3. The minimum Gasteiger partial charge on any atom is -0.497 e. The third-order valence-electron chi connectivity index (χ3n) is 5.65. The summed E-state index contributed by atoms with van der Waals surface area (Å²) in [6, 6.07) is 17.7. The molecule has 0 atom stereocenters. The van der Waals surface area contributed by atoms with E-state index in [9.17, 15) is 9.90 Å². The minimum atomic E-state index is -1.13. The van der Waals surface area contributed by atoms with Gasteiger partial charge in [-0.3, -0.25) is 0 Å². The third-order valence-corrected chi connectivity index (χ3v) is 7.26. The number of thioether (sulfide) groups is 1. The van der Waals surface area contributed by atoms with Crippen molar-refractivity contribution in [2.24, 2.45) is 0 Å². The standard InChI is InChI=1S/C28H25Cl2N3O5S/c1-4-33-26(19-12-21(36-2)15-22(13-19)37-3)31-32-28(33)39-25(27(34)35)14-18-11-20(29)9-10-24(18)38-16-17-7-5-6-8-23(17)30/h5-15H,4,16H2,1-3H3,(H,34,35)/b25-14-. The highest BCUT2D eigenvalue weighted by Crippen LogP contribution is 2.35. The first-order valence-corrected chi connectivity index (χ1v) is 13.4. The van der Waals surface area contributed by atoms with E-state index in [4.69, 9.17) is 37.4 Å². The van der Waals surface area contributed by atoms with E-state index in [-0.39, 0.29) is 11.5 Å². The lowest BCUT2D eigenvalue weighted by atomic mass is 10.2. The number of benzene rings is 3. The summed E-state index contributed by atoms with van der Waals surface area (Å²) in [7, 11) is 3.13. The Labute approximate surface area is 240 Å². The van der Waals surface area contributed by atoms with Gasteiger partial charge in [-0.25, -0.2) is 4.79 Å². The minimum absolute atomic E-state index is 0.0109. The Morgan fingerprint density at radius 2 is 1.74 bits per heavy atom. The van der Waals surface area contributed by atoms with Gasteiger partial charge in [0.25, 0.3) is 0 Å². The highest BCUT2D eigenvalue weighted by molar-refractivity contribution is 8.04. The van der Waals surface area contributed by atoms with Gasteiger partial charge in [-0.1, -0.05) is 41.4 Å². The van der Waals surface area contributed by atoms with Gasteiger partial charge < -0.3 is 23.9 Å². The molecule has 3 aromatic carbocycles. The molecule has 1 heterocycles. The number of aromatic nitrogens is 3. The zero-order chi connectivity index (χ0) is 27.9. The van der Waals surface area contributed by atoms with Crippen molar-refractivity contribution in [2.75, 3.05) is 14.2 Å². The molecule has 39 heavy (non-hydrogen) atoms. The number of hydrogen-bond acceptors (Lipinski definition) is 7. The molecule has 4 aromatic rings. The van der Waals surface area contributed by atoms with E-state index in [1.807, 2.05) is 41.8 Å². The predicted octanol–water partition coefficient (Wildman–Crippen LogP) is 7.09. The Balaban J connectivity index is 1.67. The Kier molecular flexibility index (Phi) is 9.40. The van der Waals surface area contributed by atoms with Crippen molar-refractivity contribution in [1.29, 1.82) is 0 Å². The second-order valence-electron chi connectivity index (χ2n) is 8.13. The van der Waals surface area contributed by atoms with Crippen LogP contribution in [0.2, 0.25) is 10.0 Å². The Hall–Kier alpha value is -3.66. The number of rotatable bonds is 11. The SMILES string of the molecule is CCn1c(S/C(=C\c2cc(Cl)ccc2OCc2ccccc2Cl)C(=O)O)nnc1-c1cc(OC)cc(OC)c1. The lowest BCUT2D eigenvalue weighted by Crippen LogP contribution is -2.03. The number of methoxy groups -OCH3 is 2. The number of ether oxygens (including phenoxy) is 3. The van der Waals surface area contributed by atoms with E-state index >= 15 is 0 Å². The van der Waals surface area contributed by atoms with Crippen LogP contribution in [0.25, 0.3) is 17.5 Å². The Bertz CT molecular complexity index is 1500. The van der Waals surface area contributed by atoms with Gasteiger partial charge in [-0.15, -0.1) is 10.2 Å². The van der Waals surface area contributed by atoms with E-state index in [0.29, 0.717) is 50.4 Å². The molecule has 0 saturated carbocycles. The van der Waals surface area contributed by atoms with Crippen LogP contribution in [0.5, 0.6) is 17.2 Å². The van der Waals surface area contributed by atoms with Crippen molar-refractivity contribution in [3.05, 3.63) is 86.7 Å². The zero-order valence-corrected chi connectivity index (χ0v) is 23.7. The topological polar surface area (TPSA) is 95.7 Å². The van der Waals surface area contributed by atoms with Crippen LogP contribution in [0.15, 0.2) is 70.7 Å². The predicted molar refractivity (Wildman–Crippen MR) is 153 cm³/mol. The summed E-state index contributed by atoms with van der Waals surface area (Å²) in [5.41, 5.74) is 2.02. The van der Waals surface area contributed by atoms with Gasteiger partial charge in [0.05, 0.1) is 14.2 Å². The summed E-state index contributed by atoms with van der Waals surface area (Å²) in [4.78, 5) is 12.3. The van der Waals surface area contributed by atoms with Crippen LogP contribution in [-0.4, -0.2) is 40.1 Å². The molecule has 1 N–H and O–H groups in total. The molecule has 11 heteroatoms. The van der Waals surface area contributed by atoms with Crippen LogP contribution in [-0.2, 0) is 17.9 Å². The molecule has 202 valence electrons. The van der Waals surface area contributed by atoms with Crippen LogP contribution < -0.4 is 14.2 Å². The molecule has 0 radical (unpaired) electrons. The van der Waals surface area contributed by atoms with Gasteiger partial charge in [0.2, 0.25) is 0 Å². The average molecular weight is 586 g/mol. The highest BCUT2D eigenvalue weighted by atomic mass is 35.5. The van der Waals surface area contributed by atoms with Crippen LogP contribution in [0.1, 0.15) is 18.1 Å². The highest BCUT2D eigenvalue weighted by Gasteiger charge is 2.20. The first-order chi connectivity index (χ1) is 18.8. The fourth-order valence-corrected chi connectivity index (χ4v) is 4.96. The number of carbonyl (C=O) groups is 1. The molecule has 0 fully saturated rings. The maximum absolute atomic E-state index is 12.3. The first kappa shape index (κ1) is 28.4. The summed E-state index contributed by atoms with van der Waals surface area (Å²) in [5, 5.41) is 20.1. The third kappa shape index (κ3) is 6.86. The zero-order valence-electron chi connectivity index (χ0n) is 21.4. The molecular formula is C28H25Cl2N3O5S. The number of hydrogen-bond donors (Lipinski definition) is 1. The van der Waals surface area contributed by atoms with E-state index in [1.54, 1.807) is 44.6 Å². The van der Waals surface area contributed by atoms with E-state index in [1.165, 1.54) is 6.08 Å². The summed E-state index contributed by atoms with van der Waals surface area (Å²) in [6.07, 6.45) is 1.50. The molecule has 0 unspecified atom stereocenters. The summed E-state index contributed by atoms with van der Waals surface area (Å²) in [6.45, 7) is 2.63. The largest absolute Gasteiger partial charge is 0.497 e. The molecule has 0 bridgehead atoms. The fraction of sp³-hybridized carbons (Fsp3) is 0.179. The molecule has 0 aliphatic heterocycles. The fourth-order valence-electron chi connectivity index (χ4n) is 3.71. The molecular weight excluding hydrogens is 561 g/mol. The summed E-state index contributed by atoms with van der Waals surface area (Å²) < 4.78 is 18.6. The number of halogens is 2. The van der Waals surface area contributed by atoms with Gasteiger partial charge in [0, 0.05) is 39.3 Å². The molecule has 0 spiro atoms. The molecule has 0 aliphatic rings. The van der Waals surface area contributed by atoms with Crippen molar-refractivity contribution in [2.45, 2.75) is 25.2 Å². The smallest absolute Gasteiger partial charge is 0.342 e. The van der Waals surface area contributed by atoms with Gasteiger partial charge >= 0.3 is 5.97 Å². The number of carboxylic acids is 1. The van der Waals surface area contributed by atoms with Crippen molar-refractivity contribution < 1.29 is 24.1 Å². The van der Waals surface area contributed by atoms with Crippen LogP contribution in [0, 0.1) is 0 Å². The first-order valence-electron chi connectivity index (χ1n) is 11.8. The molecule has 4 rings (SSSR count). The lowest BCUT2D eigenvalue weighted by molar-refractivity contribution is -0.131. The maximum Gasteiger partial charge on any atom is 0.342 e. The Morgan fingerprint density at radius 3 is 2.38 bits per heavy atom. The second kappa shape index (κ2) is 12.9. The molecule has 1 aromatic heterocycles. The quantitative estimate of drug-likeness (QED) is 0.147. The lowest BCUT2D eigenvalue weighted by Gasteiger charge is -2.12. The van der Waals surface area contributed by atoms with E-state index in [2.05, 4.69) is 10.2 Å². The summed E-state index contributed by atoms with van der Waals surface area (Å²) >= 11 is 13.5.